The van der Waals surface area contributed by atoms with Gasteiger partial charge in [0.25, 0.3) is 0 Å². The van der Waals surface area contributed by atoms with E-state index in [-0.39, 0.29) is 18.0 Å². The molecule has 1 saturated heterocycles. The van der Waals surface area contributed by atoms with Crippen molar-refractivity contribution < 1.29 is 19.1 Å². The van der Waals surface area contributed by atoms with E-state index in [2.05, 4.69) is 10.6 Å². The van der Waals surface area contributed by atoms with Gasteiger partial charge in [0.15, 0.2) is 0 Å². The monoisotopic (exact) mass is 349 g/mol. The number of rotatable bonds is 9. The van der Waals surface area contributed by atoms with Crippen LogP contribution in [-0.4, -0.2) is 50.9 Å². The van der Waals surface area contributed by atoms with Gasteiger partial charge < -0.3 is 25.0 Å². The molecule has 0 aliphatic carbocycles. The smallest absolute Gasteiger partial charge is 0.315 e. The molecular formula is C18H27N3O4. The maximum absolute atomic E-state index is 12.2. The molecule has 0 radical (unpaired) electrons. The summed E-state index contributed by atoms with van der Waals surface area (Å²) in [5, 5.41) is 5.64. The van der Waals surface area contributed by atoms with Crippen molar-refractivity contribution in [1.82, 2.24) is 10.6 Å². The van der Waals surface area contributed by atoms with E-state index < -0.39 is 0 Å². The molecule has 2 rings (SSSR count). The molecule has 138 valence electrons. The molecule has 7 heteroatoms. The summed E-state index contributed by atoms with van der Waals surface area (Å²) in [5.41, 5.74) is 0.815. The normalized spacial score (nSPS) is 16.8. The maximum atomic E-state index is 12.2. The number of hydrogen-bond acceptors (Lipinski definition) is 4. The minimum atomic E-state index is -0.247. The minimum absolute atomic E-state index is 0.00538. The molecule has 0 aromatic heterocycles. The van der Waals surface area contributed by atoms with Gasteiger partial charge in [0.2, 0.25) is 5.91 Å². The highest BCUT2D eigenvalue weighted by Crippen LogP contribution is 2.24. The molecule has 3 amide bonds. The van der Waals surface area contributed by atoms with E-state index in [1.807, 2.05) is 38.1 Å². The Morgan fingerprint density at radius 1 is 1.24 bits per heavy atom. The van der Waals surface area contributed by atoms with Crippen molar-refractivity contribution in [2.45, 2.75) is 32.7 Å². The Kier molecular flexibility index (Phi) is 7.53. The number of ether oxygens (including phenoxy) is 2. The SMILES string of the molecule is CCOCCCNC(=O)N[C@H]1CC(=O)N(c2ccc(OCC)cc2)C1. The summed E-state index contributed by atoms with van der Waals surface area (Å²) in [5.74, 6) is 0.782. The average molecular weight is 349 g/mol. The highest BCUT2D eigenvalue weighted by molar-refractivity contribution is 5.96. The molecule has 1 heterocycles. The number of nitrogens with one attached hydrogen (secondary N) is 2. The van der Waals surface area contributed by atoms with E-state index in [9.17, 15) is 9.59 Å². The molecule has 1 fully saturated rings. The number of nitrogens with zero attached hydrogens (tertiary/aromatic N) is 1. The van der Waals surface area contributed by atoms with E-state index in [0.29, 0.717) is 39.3 Å². The van der Waals surface area contributed by atoms with E-state index in [4.69, 9.17) is 9.47 Å². The second-order valence-corrected chi connectivity index (χ2v) is 5.78. The van der Waals surface area contributed by atoms with Gasteiger partial charge in [0, 0.05) is 38.4 Å². The fourth-order valence-corrected chi connectivity index (χ4v) is 2.70. The van der Waals surface area contributed by atoms with E-state index >= 15 is 0 Å². The maximum Gasteiger partial charge on any atom is 0.315 e. The number of urea groups is 1. The third kappa shape index (κ3) is 5.94. The lowest BCUT2D eigenvalue weighted by atomic mass is 10.2. The summed E-state index contributed by atoms with van der Waals surface area (Å²) >= 11 is 0. The molecule has 2 N–H and O–H groups in total. The number of carbonyl (C=O) groups is 2. The van der Waals surface area contributed by atoms with Crippen molar-refractivity contribution in [1.29, 1.82) is 0 Å². The van der Waals surface area contributed by atoms with E-state index in [1.54, 1.807) is 4.90 Å². The molecular weight excluding hydrogens is 322 g/mol. The molecule has 0 bridgehead atoms. The molecule has 7 nitrogen and oxygen atoms in total. The van der Waals surface area contributed by atoms with Gasteiger partial charge in [-0.1, -0.05) is 0 Å². The van der Waals surface area contributed by atoms with Crippen molar-refractivity contribution in [2.24, 2.45) is 0 Å². The van der Waals surface area contributed by atoms with Gasteiger partial charge in [-0.05, 0) is 44.5 Å². The Morgan fingerprint density at radius 2 is 2.00 bits per heavy atom. The van der Waals surface area contributed by atoms with Crippen LogP contribution in [0, 0.1) is 0 Å². The lowest BCUT2D eigenvalue weighted by Crippen LogP contribution is -2.43. The predicted octanol–water partition coefficient (Wildman–Crippen LogP) is 1.92. The fourth-order valence-electron chi connectivity index (χ4n) is 2.70. The first-order valence-electron chi connectivity index (χ1n) is 8.79. The third-order valence-electron chi connectivity index (χ3n) is 3.87. The molecule has 1 aliphatic rings. The number of carbonyl (C=O) groups excluding carboxylic acids is 2. The fraction of sp³-hybridized carbons (Fsp3) is 0.556. The topological polar surface area (TPSA) is 79.9 Å². The van der Waals surface area contributed by atoms with Crippen molar-refractivity contribution >= 4 is 17.6 Å². The Morgan fingerprint density at radius 3 is 2.68 bits per heavy atom. The second kappa shape index (κ2) is 9.88. The van der Waals surface area contributed by atoms with Crippen molar-refractivity contribution in [3.05, 3.63) is 24.3 Å². The molecule has 0 spiro atoms. The minimum Gasteiger partial charge on any atom is -0.494 e. The van der Waals surface area contributed by atoms with Crippen LogP contribution in [0.4, 0.5) is 10.5 Å². The summed E-state index contributed by atoms with van der Waals surface area (Å²) in [7, 11) is 0. The Labute approximate surface area is 148 Å². The van der Waals surface area contributed by atoms with Crippen LogP contribution < -0.4 is 20.3 Å². The highest BCUT2D eigenvalue weighted by Gasteiger charge is 2.31. The molecule has 1 aromatic rings. The molecule has 1 aliphatic heterocycles. The quantitative estimate of drug-likeness (QED) is 0.668. The first kappa shape index (κ1) is 19.1. The molecule has 1 atom stereocenters. The van der Waals surface area contributed by atoms with Crippen molar-refractivity contribution in [3.8, 4) is 5.75 Å². The summed E-state index contributed by atoms with van der Waals surface area (Å²) < 4.78 is 10.6. The van der Waals surface area contributed by atoms with Gasteiger partial charge in [-0.3, -0.25) is 4.79 Å². The lowest BCUT2D eigenvalue weighted by Gasteiger charge is -2.18. The van der Waals surface area contributed by atoms with Gasteiger partial charge >= 0.3 is 6.03 Å². The number of amides is 3. The van der Waals surface area contributed by atoms with Crippen LogP contribution >= 0.6 is 0 Å². The van der Waals surface area contributed by atoms with Crippen LogP contribution in [0.1, 0.15) is 26.7 Å². The zero-order valence-corrected chi connectivity index (χ0v) is 14.9. The third-order valence-corrected chi connectivity index (χ3v) is 3.87. The van der Waals surface area contributed by atoms with Crippen LogP contribution in [0.2, 0.25) is 0 Å². The molecule has 0 unspecified atom stereocenters. The van der Waals surface area contributed by atoms with Crippen LogP contribution in [0.15, 0.2) is 24.3 Å². The first-order chi connectivity index (χ1) is 12.1. The number of anilines is 1. The van der Waals surface area contributed by atoms with Crippen LogP contribution in [0.5, 0.6) is 5.75 Å². The Balaban J connectivity index is 1.78. The number of hydrogen-bond donors (Lipinski definition) is 2. The van der Waals surface area contributed by atoms with Crippen LogP contribution in [0.3, 0.4) is 0 Å². The summed E-state index contributed by atoms with van der Waals surface area (Å²) in [4.78, 5) is 25.8. The number of benzene rings is 1. The predicted molar refractivity (Wildman–Crippen MR) is 96.0 cm³/mol. The van der Waals surface area contributed by atoms with Gasteiger partial charge in [-0.2, -0.15) is 0 Å². The average Bonchev–Trinajstić information content (AvgIpc) is 2.96. The zero-order chi connectivity index (χ0) is 18.1. The summed E-state index contributed by atoms with van der Waals surface area (Å²) in [6, 6.07) is 6.97. The van der Waals surface area contributed by atoms with E-state index in [1.165, 1.54) is 0 Å². The molecule has 1 aromatic carbocycles. The molecule has 0 saturated carbocycles. The van der Waals surface area contributed by atoms with Crippen LogP contribution in [-0.2, 0) is 9.53 Å². The Hall–Kier alpha value is -2.28. The van der Waals surface area contributed by atoms with Gasteiger partial charge in [-0.15, -0.1) is 0 Å². The van der Waals surface area contributed by atoms with E-state index in [0.717, 1.165) is 17.9 Å². The summed E-state index contributed by atoms with van der Waals surface area (Å²) in [6.45, 7) is 6.80. The molecule has 25 heavy (non-hydrogen) atoms. The lowest BCUT2D eigenvalue weighted by molar-refractivity contribution is -0.117. The highest BCUT2D eigenvalue weighted by atomic mass is 16.5. The van der Waals surface area contributed by atoms with Crippen molar-refractivity contribution in [3.63, 3.8) is 0 Å². The largest absolute Gasteiger partial charge is 0.494 e. The Bertz CT molecular complexity index is 562. The van der Waals surface area contributed by atoms with Gasteiger partial charge in [0.05, 0.1) is 12.6 Å². The van der Waals surface area contributed by atoms with Crippen molar-refractivity contribution in [2.75, 3.05) is 37.8 Å². The van der Waals surface area contributed by atoms with Gasteiger partial charge in [-0.25, -0.2) is 4.79 Å². The standard InChI is InChI=1S/C18H27N3O4/c1-3-24-11-5-10-19-18(23)20-14-12-17(22)21(13-14)15-6-8-16(9-7-15)25-4-2/h6-9,14H,3-5,10-13H2,1-2H3,(H2,19,20,23)/t14-/m0/s1. The zero-order valence-electron chi connectivity index (χ0n) is 14.9. The van der Waals surface area contributed by atoms with Crippen LogP contribution in [0.25, 0.3) is 0 Å². The summed E-state index contributed by atoms with van der Waals surface area (Å²) in [6.07, 6.45) is 1.07. The van der Waals surface area contributed by atoms with Gasteiger partial charge in [0.1, 0.15) is 5.75 Å². The second-order valence-electron chi connectivity index (χ2n) is 5.78. The first-order valence-corrected chi connectivity index (χ1v) is 8.79.